The number of phenolic OH excluding ortho intramolecular Hbond substituents is 1. The summed E-state index contributed by atoms with van der Waals surface area (Å²) in [5, 5.41) is 46.4. The number of carboxylic acid groups (broad SMARTS) is 1. The number of carbonyl (C=O) groups excluding carboxylic acids is 7. The van der Waals surface area contributed by atoms with Crippen LogP contribution in [0.25, 0.3) is 10.9 Å². The summed E-state index contributed by atoms with van der Waals surface area (Å²) in [6, 6.07) is 1.00. The standard InChI is InChI=1S/C54H75N9O12/c1-13-15-19-37-46(65)59-40(28-35-29-62(54(9,10)14-2)41-20-17-16-18-36(35)41)52(71)61(12)43(24-31(5)6)49(68)58-39(26-34-21-22-45(64)42(27-34)63(74)75)47(66)55-33(8)51(70)60(11)44(25-32(7)53(72)73)50(69)57-38(23-30(3)4)48(67)56-37/h13-18,20-22,27,29-33,37-40,43-44,64H,2,19,23-26,28H2,1,3-12H3,(H,55,66)(H,56,67)(H,57,69)(H,58,68)(H,59,65)(H,72,73)/b15-13+/t32-,33+,37+,38+,39+,40+,43+,44+/m1/s1. The number of aliphatic carboxylic acids is 1. The number of allylic oxidation sites excluding steroid dienone is 2. The molecule has 0 radical (unpaired) electrons. The molecule has 8 atom stereocenters. The average Bonchev–Trinajstić information content (AvgIpc) is 3.73. The molecule has 0 bridgehead atoms. The normalized spacial score (nSPS) is 22.8. The zero-order chi connectivity index (χ0) is 56.2. The summed E-state index contributed by atoms with van der Waals surface area (Å²) in [5.41, 5.74) is 0.297. The molecule has 7 N–H and O–H groups in total. The van der Waals surface area contributed by atoms with E-state index in [0.717, 1.165) is 27.9 Å². The highest BCUT2D eigenvalue weighted by molar-refractivity contribution is 5.99. The van der Waals surface area contributed by atoms with Crippen LogP contribution in [-0.2, 0) is 56.7 Å². The fourth-order valence-corrected chi connectivity index (χ4v) is 8.98. The number of nitro groups is 1. The van der Waals surface area contributed by atoms with Crippen molar-refractivity contribution in [1.82, 2.24) is 41.0 Å². The van der Waals surface area contributed by atoms with Crippen molar-refractivity contribution in [2.75, 3.05) is 14.1 Å². The zero-order valence-corrected chi connectivity index (χ0v) is 44.8. The van der Waals surface area contributed by atoms with E-state index in [1.54, 1.807) is 39.0 Å². The minimum atomic E-state index is -1.59. The molecule has 2 aromatic carbocycles. The van der Waals surface area contributed by atoms with Gasteiger partial charge in [0.25, 0.3) is 0 Å². The van der Waals surface area contributed by atoms with Crippen molar-refractivity contribution in [2.45, 2.75) is 149 Å². The Morgan fingerprint density at radius 2 is 1.31 bits per heavy atom. The van der Waals surface area contributed by atoms with E-state index in [0.29, 0.717) is 5.56 Å². The third-order valence-corrected chi connectivity index (χ3v) is 13.5. The number of hydrogen-bond donors (Lipinski definition) is 7. The lowest BCUT2D eigenvalue weighted by molar-refractivity contribution is -0.385. The molecule has 0 aliphatic carbocycles. The summed E-state index contributed by atoms with van der Waals surface area (Å²) in [4.78, 5) is 128. The van der Waals surface area contributed by atoms with Crippen LogP contribution >= 0.6 is 0 Å². The lowest BCUT2D eigenvalue weighted by atomic mass is 9.97. The first-order valence-electron chi connectivity index (χ1n) is 25.2. The lowest BCUT2D eigenvalue weighted by Gasteiger charge is -2.33. The van der Waals surface area contributed by atoms with Crippen molar-refractivity contribution in [2.24, 2.45) is 17.8 Å². The monoisotopic (exact) mass is 1040 g/mol. The Bertz CT molecular complexity index is 2660. The molecule has 4 rings (SSSR count). The Kier molecular flexibility index (Phi) is 20.8. The van der Waals surface area contributed by atoms with Gasteiger partial charge in [-0.15, -0.1) is 6.58 Å². The van der Waals surface area contributed by atoms with Crippen LogP contribution in [0.5, 0.6) is 5.75 Å². The van der Waals surface area contributed by atoms with Gasteiger partial charge in [0, 0.05) is 50.1 Å². The molecule has 1 saturated heterocycles. The maximum Gasteiger partial charge on any atom is 0.310 e. The molecule has 0 spiro atoms. The number of likely N-dealkylation sites (N-methyl/N-ethyl adjacent to an activating group) is 2. The number of aromatic nitrogens is 1. The summed E-state index contributed by atoms with van der Waals surface area (Å²) >= 11 is 0. The summed E-state index contributed by atoms with van der Waals surface area (Å²) < 4.78 is 2.00. The van der Waals surface area contributed by atoms with E-state index in [9.17, 15) is 53.9 Å². The smallest absolute Gasteiger partial charge is 0.310 e. The molecule has 7 amide bonds. The second-order valence-corrected chi connectivity index (χ2v) is 20.8. The van der Waals surface area contributed by atoms with E-state index in [4.69, 9.17) is 0 Å². The van der Waals surface area contributed by atoms with Crippen molar-refractivity contribution in [3.63, 3.8) is 0 Å². The predicted octanol–water partition coefficient (Wildman–Crippen LogP) is 4.24. The van der Waals surface area contributed by atoms with E-state index in [1.165, 1.54) is 38.9 Å². The first kappa shape index (κ1) is 60.0. The summed E-state index contributed by atoms with van der Waals surface area (Å²) in [6.07, 6.45) is 6.03. The fourth-order valence-electron chi connectivity index (χ4n) is 8.98. The molecule has 1 aliphatic rings. The number of carbonyl (C=O) groups is 8. The molecule has 408 valence electrons. The number of hydrogen-bond acceptors (Lipinski definition) is 11. The van der Waals surface area contributed by atoms with Gasteiger partial charge in [0.15, 0.2) is 5.75 Å². The van der Waals surface area contributed by atoms with Gasteiger partial charge in [-0.05, 0) is 88.5 Å². The number of nitrogens with one attached hydrogen (secondary N) is 5. The van der Waals surface area contributed by atoms with Crippen molar-refractivity contribution in [1.29, 1.82) is 0 Å². The van der Waals surface area contributed by atoms with Crippen molar-refractivity contribution in [3.8, 4) is 5.75 Å². The maximum atomic E-state index is 15.3. The summed E-state index contributed by atoms with van der Waals surface area (Å²) in [6.45, 7) is 19.5. The number of nitrogens with zero attached hydrogens (tertiary/aromatic N) is 4. The topological polar surface area (TPSA) is 292 Å². The molecular formula is C54H75N9O12. The molecule has 21 heteroatoms. The number of fused-ring (bicyclic) bond motifs is 1. The third kappa shape index (κ3) is 15.5. The second kappa shape index (κ2) is 26.1. The van der Waals surface area contributed by atoms with E-state index in [1.807, 2.05) is 62.7 Å². The fraction of sp³-hybridized carbons (Fsp3) is 0.519. The van der Waals surface area contributed by atoms with Crippen molar-refractivity contribution < 1.29 is 53.5 Å². The molecule has 2 heterocycles. The van der Waals surface area contributed by atoms with Gasteiger partial charge in [0.2, 0.25) is 41.4 Å². The third-order valence-electron chi connectivity index (χ3n) is 13.5. The summed E-state index contributed by atoms with van der Waals surface area (Å²) in [7, 11) is 2.63. The van der Waals surface area contributed by atoms with Gasteiger partial charge < -0.3 is 51.2 Å². The Balaban J connectivity index is 1.98. The molecule has 75 heavy (non-hydrogen) atoms. The van der Waals surface area contributed by atoms with E-state index < -0.39 is 130 Å². The number of para-hydroxylation sites is 1. The largest absolute Gasteiger partial charge is 0.502 e. The second-order valence-electron chi connectivity index (χ2n) is 20.8. The number of nitro benzene ring substituents is 1. The predicted molar refractivity (Wildman–Crippen MR) is 282 cm³/mol. The van der Waals surface area contributed by atoms with Crippen LogP contribution < -0.4 is 26.6 Å². The van der Waals surface area contributed by atoms with Gasteiger partial charge in [-0.2, -0.15) is 0 Å². The molecule has 21 nitrogen and oxygen atoms in total. The molecule has 0 unspecified atom stereocenters. The van der Waals surface area contributed by atoms with E-state index in [-0.39, 0.29) is 43.1 Å². The molecule has 3 aromatic rings. The van der Waals surface area contributed by atoms with Gasteiger partial charge in [0.05, 0.1) is 16.4 Å². The Morgan fingerprint density at radius 3 is 1.89 bits per heavy atom. The van der Waals surface area contributed by atoms with E-state index >= 15 is 4.79 Å². The van der Waals surface area contributed by atoms with Gasteiger partial charge in [-0.3, -0.25) is 48.5 Å². The van der Waals surface area contributed by atoms with Crippen LogP contribution in [0.4, 0.5) is 5.69 Å². The van der Waals surface area contributed by atoms with Gasteiger partial charge in [-0.25, -0.2) is 0 Å². The first-order chi connectivity index (χ1) is 35.1. The minimum Gasteiger partial charge on any atom is -0.502 e. The van der Waals surface area contributed by atoms with Gasteiger partial charge in [-0.1, -0.05) is 77.1 Å². The highest BCUT2D eigenvalue weighted by Gasteiger charge is 2.40. The summed E-state index contributed by atoms with van der Waals surface area (Å²) in [5.74, 6) is -9.41. The maximum absolute atomic E-state index is 15.3. The average molecular weight is 1040 g/mol. The zero-order valence-electron chi connectivity index (χ0n) is 44.8. The molecule has 0 saturated carbocycles. The SMILES string of the molecule is C=CC(C)(C)n1cc(C[C@@H]2NC(=O)[C@H](C/C=C/C)NC(=O)[C@H](CC(C)C)NC(=O)[C@H](C[C@@H](C)C(=O)O)N(C)C(=O)[C@H](C)NC(=O)[C@H](Cc3ccc(O)c([N+](=O)[O-])c3)NC(=O)[C@H](CC(C)C)N(C)C2=O)c2ccccc21. The van der Waals surface area contributed by atoms with Crippen LogP contribution in [0.2, 0.25) is 0 Å². The minimum absolute atomic E-state index is 0.0364. The highest BCUT2D eigenvalue weighted by Crippen LogP contribution is 2.31. The van der Waals surface area contributed by atoms with Crippen LogP contribution in [0, 0.1) is 27.9 Å². The van der Waals surface area contributed by atoms with Gasteiger partial charge >= 0.3 is 11.7 Å². The molecule has 1 aliphatic heterocycles. The molecular weight excluding hydrogens is 967 g/mol. The highest BCUT2D eigenvalue weighted by atomic mass is 16.6. The number of phenols is 1. The van der Waals surface area contributed by atoms with E-state index in [2.05, 4.69) is 33.2 Å². The van der Waals surface area contributed by atoms with Crippen LogP contribution in [0.1, 0.15) is 99.1 Å². The lowest BCUT2D eigenvalue weighted by Crippen LogP contribution is -2.60. The quantitative estimate of drug-likeness (QED) is 0.0603. The van der Waals surface area contributed by atoms with Crippen molar-refractivity contribution >= 4 is 63.9 Å². The Hall–Kier alpha value is -7.58. The number of amides is 7. The van der Waals surface area contributed by atoms with Crippen molar-refractivity contribution in [3.05, 3.63) is 94.7 Å². The Labute approximate surface area is 438 Å². The number of rotatable bonds is 16. The van der Waals surface area contributed by atoms with Crippen LogP contribution in [0.15, 0.2) is 73.5 Å². The number of aromatic hydroxyl groups is 1. The van der Waals surface area contributed by atoms with Gasteiger partial charge in [0.1, 0.15) is 42.3 Å². The van der Waals surface area contributed by atoms with Crippen LogP contribution in [0.3, 0.4) is 0 Å². The number of carboxylic acids is 1. The van der Waals surface area contributed by atoms with Crippen LogP contribution in [-0.4, -0.2) is 133 Å². The Morgan fingerprint density at radius 1 is 0.760 bits per heavy atom. The number of benzene rings is 2. The molecule has 1 aromatic heterocycles. The first-order valence-corrected chi connectivity index (χ1v) is 25.2. The molecule has 1 fully saturated rings.